The lowest BCUT2D eigenvalue weighted by Crippen LogP contribution is -1.92. The van der Waals surface area contributed by atoms with Gasteiger partial charge in [0.25, 0.3) is 5.91 Å². The summed E-state index contributed by atoms with van der Waals surface area (Å²) in [7, 11) is 1.73. The standard InChI is InChI=1S/C17H14ClN3O2/c1-10-3-8-14-13(9-10)15(17(23)21(14)2)19-20-16(22)11-4-6-12(18)7-5-11/h3-9,23H,1-2H3. The van der Waals surface area contributed by atoms with Crippen LogP contribution in [0.3, 0.4) is 0 Å². The Hall–Kier alpha value is -2.66. The van der Waals surface area contributed by atoms with Crippen LogP contribution in [-0.4, -0.2) is 15.6 Å². The number of benzene rings is 2. The van der Waals surface area contributed by atoms with Gasteiger partial charge in [-0.25, -0.2) is 0 Å². The van der Waals surface area contributed by atoms with Crippen molar-refractivity contribution in [2.24, 2.45) is 17.3 Å². The van der Waals surface area contributed by atoms with Crippen molar-refractivity contribution in [3.63, 3.8) is 0 Å². The van der Waals surface area contributed by atoms with E-state index in [9.17, 15) is 9.90 Å². The van der Waals surface area contributed by atoms with E-state index in [1.165, 1.54) is 0 Å². The zero-order valence-corrected chi connectivity index (χ0v) is 13.4. The Morgan fingerprint density at radius 1 is 1.17 bits per heavy atom. The third-order valence-corrected chi connectivity index (χ3v) is 3.88. The van der Waals surface area contributed by atoms with Gasteiger partial charge in [-0.2, -0.15) is 0 Å². The number of fused-ring (bicyclic) bond motifs is 1. The van der Waals surface area contributed by atoms with E-state index >= 15 is 0 Å². The van der Waals surface area contributed by atoms with Gasteiger partial charge in [-0.05, 0) is 43.3 Å². The van der Waals surface area contributed by atoms with Crippen molar-refractivity contribution in [3.8, 4) is 5.88 Å². The molecule has 6 heteroatoms. The van der Waals surface area contributed by atoms with Crippen molar-refractivity contribution < 1.29 is 9.90 Å². The molecule has 0 atom stereocenters. The minimum atomic E-state index is -0.495. The molecule has 1 N–H and O–H groups in total. The molecular formula is C17H14ClN3O2. The number of aromatic nitrogens is 1. The number of aryl methyl sites for hydroxylation is 2. The highest BCUT2D eigenvalue weighted by Crippen LogP contribution is 2.38. The lowest BCUT2D eigenvalue weighted by Gasteiger charge is -1.96. The molecule has 2 aromatic carbocycles. The fourth-order valence-electron chi connectivity index (χ4n) is 2.37. The molecule has 0 bridgehead atoms. The first-order valence-electron chi connectivity index (χ1n) is 6.97. The Labute approximate surface area is 137 Å². The minimum absolute atomic E-state index is 0.0294. The summed E-state index contributed by atoms with van der Waals surface area (Å²) in [6, 6.07) is 12.1. The topological polar surface area (TPSA) is 66.9 Å². The molecule has 3 aromatic rings. The normalized spacial score (nSPS) is 11.4. The van der Waals surface area contributed by atoms with Crippen molar-refractivity contribution in [2.75, 3.05) is 0 Å². The van der Waals surface area contributed by atoms with Crippen molar-refractivity contribution in [1.29, 1.82) is 0 Å². The van der Waals surface area contributed by atoms with Gasteiger partial charge in [0, 0.05) is 23.0 Å². The molecule has 3 rings (SSSR count). The molecule has 1 aromatic heterocycles. The molecule has 1 amide bonds. The number of carbonyl (C=O) groups is 1. The van der Waals surface area contributed by atoms with Crippen LogP contribution < -0.4 is 0 Å². The van der Waals surface area contributed by atoms with Crippen LogP contribution in [-0.2, 0) is 7.05 Å². The maximum atomic E-state index is 12.1. The highest BCUT2D eigenvalue weighted by Gasteiger charge is 2.15. The van der Waals surface area contributed by atoms with E-state index in [1.54, 1.807) is 35.9 Å². The van der Waals surface area contributed by atoms with E-state index in [0.717, 1.165) is 16.5 Å². The van der Waals surface area contributed by atoms with Crippen LogP contribution >= 0.6 is 11.6 Å². The number of aromatic hydroxyl groups is 1. The van der Waals surface area contributed by atoms with E-state index in [4.69, 9.17) is 11.6 Å². The smallest absolute Gasteiger partial charge is 0.295 e. The van der Waals surface area contributed by atoms with Crippen LogP contribution in [0.25, 0.3) is 10.9 Å². The summed E-state index contributed by atoms with van der Waals surface area (Å²) < 4.78 is 1.61. The Bertz CT molecular complexity index is 927. The lowest BCUT2D eigenvalue weighted by molar-refractivity contribution is 0.0995. The van der Waals surface area contributed by atoms with Gasteiger partial charge in [0.05, 0.1) is 5.52 Å². The minimum Gasteiger partial charge on any atom is -0.493 e. The predicted molar refractivity (Wildman–Crippen MR) is 89.6 cm³/mol. The highest BCUT2D eigenvalue weighted by molar-refractivity contribution is 6.30. The number of azo groups is 1. The van der Waals surface area contributed by atoms with E-state index in [2.05, 4.69) is 10.2 Å². The number of nitrogens with zero attached hydrogens (tertiary/aromatic N) is 3. The predicted octanol–water partition coefficient (Wildman–Crippen LogP) is 4.77. The Morgan fingerprint density at radius 2 is 1.87 bits per heavy atom. The molecule has 0 aliphatic rings. The third-order valence-electron chi connectivity index (χ3n) is 3.63. The average molecular weight is 328 g/mol. The first kappa shape index (κ1) is 15.2. The number of halogens is 1. The maximum Gasteiger partial charge on any atom is 0.295 e. The zero-order chi connectivity index (χ0) is 16.6. The van der Waals surface area contributed by atoms with Crippen molar-refractivity contribution in [2.45, 2.75) is 6.92 Å². The van der Waals surface area contributed by atoms with Gasteiger partial charge in [-0.15, -0.1) is 10.2 Å². The van der Waals surface area contributed by atoms with Crippen LogP contribution in [0.2, 0.25) is 5.02 Å². The summed E-state index contributed by atoms with van der Waals surface area (Å²) >= 11 is 5.79. The van der Waals surface area contributed by atoms with Crippen LogP contribution in [0, 0.1) is 6.92 Å². The van der Waals surface area contributed by atoms with Gasteiger partial charge < -0.3 is 9.67 Å². The molecule has 0 aliphatic carbocycles. The Morgan fingerprint density at radius 3 is 2.57 bits per heavy atom. The number of carbonyl (C=O) groups excluding carboxylic acids is 1. The molecule has 0 radical (unpaired) electrons. The number of amides is 1. The molecule has 0 unspecified atom stereocenters. The summed E-state index contributed by atoms with van der Waals surface area (Å²) in [5, 5.41) is 19.2. The van der Waals surface area contributed by atoms with Gasteiger partial charge >= 0.3 is 0 Å². The lowest BCUT2D eigenvalue weighted by atomic mass is 10.1. The zero-order valence-electron chi connectivity index (χ0n) is 12.6. The number of hydrogen-bond acceptors (Lipinski definition) is 3. The quantitative estimate of drug-likeness (QED) is 0.689. The fraction of sp³-hybridized carbons (Fsp3) is 0.118. The molecule has 0 saturated carbocycles. The third kappa shape index (κ3) is 2.83. The second-order valence-corrected chi connectivity index (χ2v) is 5.70. The summed E-state index contributed by atoms with van der Waals surface area (Å²) in [6.45, 7) is 1.95. The second kappa shape index (κ2) is 5.85. The van der Waals surface area contributed by atoms with Gasteiger partial charge in [0.2, 0.25) is 5.88 Å². The van der Waals surface area contributed by atoms with Crippen molar-refractivity contribution >= 4 is 34.1 Å². The van der Waals surface area contributed by atoms with Crippen molar-refractivity contribution in [3.05, 3.63) is 58.6 Å². The first-order valence-corrected chi connectivity index (χ1v) is 7.35. The van der Waals surface area contributed by atoms with Crippen LogP contribution in [0.1, 0.15) is 15.9 Å². The molecule has 0 spiro atoms. The summed E-state index contributed by atoms with van der Waals surface area (Å²) in [4.78, 5) is 12.1. The maximum absolute atomic E-state index is 12.1. The molecular weight excluding hydrogens is 314 g/mol. The van der Waals surface area contributed by atoms with E-state index in [-0.39, 0.29) is 11.6 Å². The summed E-state index contributed by atoms with van der Waals surface area (Å²) in [5.74, 6) is -0.524. The number of rotatable bonds is 2. The molecule has 1 heterocycles. The fourth-order valence-corrected chi connectivity index (χ4v) is 2.50. The molecule has 0 fully saturated rings. The summed E-state index contributed by atoms with van der Waals surface area (Å²) in [5.41, 5.74) is 2.52. The average Bonchev–Trinajstić information content (AvgIpc) is 2.77. The van der Waals surface area contributed by atoms with Crippen LogP contribution in [0.4, 0.5) is 5.69 Å². The second-order valence-electron chi connectivity index (χ2n) is 5.26. The number of hydrogen-bond donors (Lipinski definition) is 1. The van der Waals surface area contributed by atoms with E-state index < -0.39 is 5.91 Å². The largest absolute Gasteiger partial charge is 0.493 e. The SMILES string of the molecule is Cc1ccc2c(c1)c(N=NC(=O)c1ccc(Cl)cc1)c(O)n2C. The monoisotopic (exact) mass is 327 g/mol. The van der Waals surface area contributed by atoms with Crippen molar-refractivity contribution in [1.82, 2.24) is 4.57 Å². The molecule has 0 saturated heterocycles. The Kier molecular flexibility index (Phi) is 3.88. The van der Waals surface area contributed by atoms with Gasteiger partial charge in [-0.1, -0.05) is 23.2 Å². The van der Waals surface area contributed by atoms with Gasteiger partial charge in [0.15, 0.2) is 5.69 Å². The molecule has 5 nitrogen and oxygen atoms in total. The first-order chi connectivity index (χ1) is 11.0. The van der Waals surface area contributed by atoms with Crippen LogP contribution in [0.15, 0.2) is 52.7 Å². The Balaban J connectivity index is 2.01. The van der Waals surface area contributed by atoms with Crippen LogP contribution in [0.5, 0.6) is 5.88 Å². The highest BCUT2D eigenvalue weighted by atomic mass is 35.5. The molecule has 23 heavy (non-hydrogen) atoms. The van der Waals surface area contributed by atoms with Gasteiger partial charge in [-0.3, -0.25) is 4.79 Å². The molecule has 0 aliphatic heterocycles. The van der Waals surface area contributed by atoms with Gasteiger partial charge in [0.1, 0.15) is 0 Å². The van der Waals surface area contributed by atoms with E-state index in [1.807, 2.05) is 25.1 Å². The van der Waals surface area contributed by atoms with E-state index in [0.29, 0.717) is 10.6 Å². The molecule has 116 valence electrons. The summed E-state index contributed by atoms with van der Waals surface area (Å²) in [6.07, 6.45) is 0.